The average Bonchev–Trinajstić information content (AvgIpc) is 3.26. The number of amides is 1. The third-order valence-corrected chi connectivity index (χ3v) is 5.52. The summed E-state index contributed by atoms with van der Waals surface area (Å²) in [4.78, 5) is 25.9. The molecule has 1 heterocycles. The number of ether oxygens (including phenoxy) is 1. The maximum atomic E-state index is 12.6. The van der Waals surface area contributed by atoms with Gasteiger partial charge < -0.3 is 4.74 Å². The van der Waals surface area contributed by atoms with E-state index in [1.807, 2.05) is 24.3 Å². The fourth-order valence-electron chi connectivity index (χ4n) is 4.19. The monoisotopic (exact) mass is 360 g/mol. The van der Waals surface area contributed by atoms with Gasteiger partial charge in [-0.3, -0.25) is 9.69 Å². The van der Waals surface area contributed by atoms with Crippen LogP contribution in [0.25, 0.3) is 11.1 Å². The van der Waals surface area contributed by atoms with Gasteiger partial charge in [-0.15, -0.1) is 0 Å². The summed E-state index contributed by atoms with van der Waals surface area (Å²) in [6.07, 6.45) is -0.134. The molecule has 2 aromatic carbocycles. The van der Waals surface area contributed by atoms with Crippen LogP contribution >= 0.6 is 0 Å². The van der Waals surface area contributed by atoms with Gasteiger partial charge in [0.25, 0.3) is 0 Å². The molecule has 0 radical (unpaired) electrons. The van der Waals surface area contributed by atoms with E-state index in [1.165, 1.54) is 23.0 Å². The Morgan fingerprint density at radius 1 is 1.11 bits per heavy atom. The second-order valence-electron chi connectivity index (χ2n) is 7.14. The molecule has 136 valence electrons. The Kier molecular flexibility index (Phi) is 4.41. The van der Waals surface area contributed by atoms with Crippen molar-refractivity contribution in [3.8, 4) is 17.2 Å². The normalized spacial score (nSPS) is 20.7. The van der Waals surface area contributed by atoms with Gasteiger partial charge >= 0.3 is 6.09 Å². The molecule has 1 fully saturated rings. The average molecular weight is 360 g/mol. The van der Waals surface area contributed by atoms with E-state index in [1.54, 1.807) is 0 Å². The Morgan fingerprint density at radius 2 is 1.70 bits per heavy atom. The highest BCUT2D eigenvalue weighted by Gasteiger charge is 2.39. The number of likely N-dealkylation sites (tertiary alicyclic amines) is 1. The zero-order chi connectivity index (χ0) is 19.0. The lowest BCUT2D eigenvalue weighted by molar-refractivity contribution is -0.120. The predicted octanol–water partition coefficient (Wildman–Crippen LogP) is 3.74. The standard InChI is InChI=1S/C22H20N2O3/c1-14(25)21-10-15(11-23)12-24(21)22(26)27-13-20-18-8-4-2-6-16(18)17-7-3-5-9-19(17)20/h2-9,15,20-21H,10,12-13H2,1H3/t15-,21-/m0/s1. The van der Waals surface area contributed by atoms with Gasteiger partial charge in [-0.25, -0.2) is 4.79 Å². The number of carbonyl (C=O) groups is 2. The Balaban J connectivity index is 1.53. The summed E-state index contributed by atoms with van der Waals surface area (Å²) in [6.45, 7) is 1.91. The van der Waals surface area contributed by atoms with Gasteiger partial charge in [0.15, 0.2) is 5.78 Å². The van der Waals surface area contributed by atoms with Crippen LogP contribution < -0.4 is 0 Å². The highest BCUT2D eigenvalue weighted by molar-refractivity contribution is 5.86. The molecule has 0 spiro atoms. The van der Waals surface area contributed by atoms with Gasteiger partial charge in [-0.05, 0) is 35.6 Å². The Morgan fingerprint density at radius 3 is 2.26 bits per heavy atom. The molecule has 5 nitrogen and oxygen atoms in total. The first kappa shape index (κ1) is 17.3. The van der Waals surface area contributed by atoms with Crippen LogP contribution in [0.3, 0.4) is 0 Å². The van der Waals surface area contributed by atoms with Crippen molar-refractivity contribution < 1.29 is 14.3 Å². The molecule has 0 aromatic heterocycles. The van der Waals surface area contributed by atoms with Crippen LogP contribution in [-0.4, -0.2) is 36.0 Å². The lowest BCUT2D eigenvalue weighted by atomic mass is 9.98. The number of fused-ring (bicyclic) bond motifs is 3. The molecule has 0 N–H and O–H groups in total. The van der Waals surface area contributed by atoms with Crippen LogP contribution in [0.4, 0.5) is 4.79 Å². The summed E-state index contributed by atoms with van der Waals surface area (Å²) in [5, 5.41) is 9.15. The number of carbonyl (C=O) groups excluding carboxylic acids is 2. The molecule has 0 bridgehead atoms. The molecule has 1 aliphatic heterocycles. The molecule has 2 aliphatic rings. The van der Waals surface area contributed by atoms with Gasteiger partial charge in [0.05, 0.1) is 18.0 Å². The van der Waals surface area contributed by atoms with E-state index < -0.39 is 12.1 Å². The van der Waals surface area contributed by atoms with Crippen molar-refractivity contribution in [3.63, 3.8) is 0 Å². The van der Waals surface area contributed by atoms with E-state index in [0.717, 1.165) is 11.1 Å². The van der Waals surface area contributed by atoms with Crippen molar-refractivity contribution in [1.82, 2.24) is 4.90 Å². The van der Waals surface area contributed by atoms with Gasteiger partial charge in [0, 0.05) is 12.5 Å². The lowest BCUT2D eigenvalue weighted by Gasteiger charge is -2.23. The SMILES string of the molecule is CC(=O)[C@@H]1C[C@@H](C#N)CN1C(=O)OCC1c2ccccc2-c2ccccc21. The molecular weight excluding hydrogens is 340 g/mol. The maximum Gasteiger partial charge on any atom is 0.410 e. The predicted molar refractivity (Wildman–Crippen MR) is 100.0 cm³/mol. The second-order valence-corrected chi connectivity index (χ2v) is 7.14. The van der Waals surface area contributed by atoms with Crippen LogP contribution in [0.5, 0.6) is 0 Å². The summed E-state index contributed by atoms with van der Waals surface area (Å²) in [7, 11) is 0. The Hall–Kier alpha value is -3.13. The zero-order valence-corrected chi connectivity index (χ0v) is 15.1. The van der Waals surface area contributed by atoms with E-state index >= 15 is 0 Å². The number of nitrogens with zero attached hydrogens (tertiary/aromatic N) is 2. The third kappa shape index (κ3) is 2.97. The van der Waals surface area contributed by atoms with Crippen LogP contribution in [0.2, 0.25) is 0 Å². The largest absolute Gasteiger partial charge is 0.448 e. The topological polar surface area (TPSA) is 70.4 Å². The van der Waals surface area contributed by atoms with Gasteiger partial charge in [0.2, 0.25) is 0 Å². The van der Waals surface area contributed by atoms with Crippen LogP contribution in [0, 0.1) is 17.2 Å². The minimum Gasteiger partial charge on any atom is -0.448 e. The van der Waals surface area contributed by atoms with E-state index in [9.17, 15) is 9.59 Å². The summed E-state index contributed by atoms with van der Waals surface area (Å²) < 4.78 is 5.62. The number of benzene rings is 2. The second kappa shape index (κ2) is 6.88. The molecule has 1 amide bonds. The smallest absolute Gasteiger partial charge is 0.410 e. The number of nitriles is 1. The molecule has 27 heavy (non-hydrogen) atoms. The minimum atomic E-state index is -0.565. The van der Waals surface area contributed by atoms with Crippen molar-refractivity contribution in [2.75, 3.05) is 13.2 Å². The first-order valence-electron chi connectivity index (χ1n) is 9.12. The number of hydrogen-bond donors (Lipinski definition) is 0. The summed E-state index contributed by atoms with van der Waals surface area (Å²) in [6, 6.07) is 17.9. The van der Waals surface area contributed by atoms with E-state index in [0.29, 0.717) is 6.42 Å². The summed E-state index contributed by atoms with van der Waals surface area (Å²) >= 11 is 0. The van der Waals surface area contributed by atoms with E-state index in [-0.39, 0.29) is 30.8 Å². The van der Waals surface area contributed by atoms with Gasteiger partial charge in [0.1, 0.15) is 6.61 Å². The molecule has 5 heteroatoms. The van der Waals surface area contributed by atoms with Gasteiger partial charge in [-0.2, -0.15) is 5.26 Å². The fourth-order valence-corrected chi connectivity index (χ4v) is 4.19. The summed E-state index contributed by atoms with van der Waals surface area (Å²) in [5.74, 6) is -0.452. The van der Waals surface area contributed by atoms with Gasteiger partial charge in [-0.1, -0.05) is 48.5 Å². The van der Waals surface area contributed by atoms with E-state index in [2.05, 4.69) is 30.3 Å². The molecule has 1 saturated heterocycles. The quantitative estimate of drug-likeness (QED) is 0.836. The molecule has 2 atom stereocenters. The zero-order valence-electron chi connectivity index (χ0n) is 15.1. The number of Topliss-reactive ketones (excluding diaryl/α,β-unsaturated/α-hetero) is 1. The number of hydrogen-bond acceptors (Lipinski definition) is 4. The van der Waals surface area contributed by atoms with Crippen molar-refractivity contribution in [2.45, 2.75) is 25.3 Å². The fraction of sp³-hybridized carbons (Fsp3) is 0.318. The highest BCUT2D eigenvalue weighted by atomic mass is 16.6. The molecule has 2 aromatic rings. The number of rotatable bonds is 3. The lowest BCUT2D eigenvalue weighted by Crippen LogP contribution is -2.40. The van der Waals surface area contributed by atoms with Crippen LogP contribution in [0.15, 0.2) is 48.5 Å². The number of ketones is 1. The third-order valence-electron chi connectivity index (χ3n) is 5.52. The molecular formula is C22H20N2O3. The van der Waals surface area contributed by atoms with Crippen LogP contribution in [0.1, 0.15) is 30.4 Å². The minimum absolute atomic E-state index is 0.0218. The van der Waals surface area contributed by atoms with Crippen LogP contribution in [-0.2, 0) is 9.53 Å². The Labute approximate surface area is 158 Å². The molecule has 1 aliphatic carbocycles. The van der Waals surface area contributed by atoms with E-state index in [4.69, 9.17) is 10.00 Å². The molecule has 0 saturated carbocycles. The van der Waals surface area contributed by atoms with Crippen molar-refractivity contribution in [1.29, 1.82) is 5.26 Å². The highest BCUT2D eigenvalue weighted by Crippen LogP contribution is 2.44. The van der Waals surface area contributed by atoms with Crippen molar-refractivity contribution >= 4 is 11.9 Å². The van der Waals surface area contributed by atoms with Crippen molar-refractivity contribution in [3.05, 3.63) is 59.7 Å². The molecule has 0 unspecified atom stereocenters. The summed E-state index contributed by atoms with van der Waals surface area (Å²) in [5.41, 5.74) is 4.62. The first-order valence-corrected chi connectivity index (χ1v) is 9.12. The Bertz CT molecular complexity index is 901. The molecule has 4 rings (SSSR count). The van der Waals surface area contributed by atoms with Crippen molar-refractivity contribution in [2.24, 2.45) is 5.92 Å². The first-order chi connectivity index (χ1) is 13.1. The maximum absolute atomic E-state index is 12.6.